The highest BCUT2D eigenvalue weighted by Crippen LogP contribution is 2.16. The molecule has 0 saturated carbocycles. The molecule has 0 unspecified atom stereocenters. The summed E-state index contributed by atoms with van der Waals surface area (Å²) in [5, 5.41) is 4.52. The van der Waals surface area contributed by atoms with Crippen molar-refractivity contribution in [2.75, 3.05) is 5.73 Å². The summed E-state index contributed by atoms with van der Waals surface area (Å²) in [4.78, 5) is 16.0. The lowest BCUT2D eigenvalue weighted by Gasteiger charge is -2.01. The standard InChI is InChI=1S/C18H18N4O/c19-16-13-22(15-7-2-1-3-8-15)21-17(16)9-4-10-18(23)14-6-5-11-20-12-14/h1-3,5-8,11-13H,4,9-10,19H2. The Balaban J connectivity index is 1.61. The highest BCUT2D eigenvalue weighted by Gasteiger charge is 2.10. The fraction of sp³-hybridized carbons (Fsp3) is 0.167. The number of ketones is 1. The lowest BCUT2D eigenvalue weighted by atomic mass is 10.1. The number of rotatable bonds is 6. The Kier molecular flexibility index (Phi) is 4.47. The maximum Gasteiger partial charge on any atom is 0.164 e. The molecule has 2 aromatic heterocycles. The third kappa shape index (κ3) is 3.63. The van der Waals surface area contributed by atoms with Gasteiger partial charge in [-0.1, -0.05) is 18.2 Å². The number of aryl methyl sites for hydroxylation is 1. The number of pyridine rings is 1. The lowest BCUT2D eigenvalue weighted by molar-refractivity contribution is 0.0980. The quantitative estimate of drug-likeness (QED) is 0.710. The molecule has 0 fully saturated rings. The Morgan fingerprint density at radius 2 is 1.96 bits per heavy atom. The topological polar surface area (TPSA) is 73.8 Å². The van der Waals surface area contributed by atoms with Crippen LogP contribution < -0.4 is 5.73 Å². The van der Waals surface area contributed by atoms with Crippen LogP contribution >= 0.6 is 0 Å². The first-order valence-electron chi connectivity index (χ1n) is 7.57. The zero-order chi connectivity index (χ0) is 16.1. The van der Waals surface area contributed by atoms with Gasteiger partial charge in [0, 0.05) is 24.4 Å². The molecular formula is C18H18N4O. The summed E-state index contributed by atoms with van der Waals surface area (Å²) < 4.78 is 1.77. The molecule has 0 aliphatic heterocycles. The van der Waals surface area contributed by atoms with E-state index in [9.17, 15) is 4.79 Å². The largest absolute Gasteiger partial charge is 0.396 e. The minimum atomic E-state index is 0.0964. The zero-order valence-corrected chi connectivity index (χ0v) is 12.7. The van der Waals surface area contributed by atoms with E-state index in [2.05, 4.69) is 10.1 Å². The van der Waals surface area contributed by atoms with Crippen LogP contribution in [0.1, 0.15) is 28.9 Å². The number of aromatic nitrogens is 3. The number of para-hydroxylation sites is 1. The van der Waals surface area contributed by atoms with Gasteiger partial charge in [-0.15, -0.1) is 0 Å². The predicted molar refractivity (Wildman–Crippen MR) is 89.5 cm³/mol. The molecule has 3 rings (SSSR count). The normalized spacial score (nSPS) is 10.6. The Labute approximate surface area is 134 Å². The predicted octanol–water partition coefficient (Wildman–Crippen LogP) is 3.06. The number of nitrogens with zero attached hydrogens (tertiary/aromatic N) is 3. The fourth-order valence-corrected chi connectivity index (χ4v) is 2.42. The highest BCUT2D eigenvalue weighted by atomic mass is 16.1. The van der Waals surface area contributed by atoms with E-state index in [0.29, 0.717) is 30.5 Å². The van der Waals surface area contributed by atoms with Crippen molar-refractivity contribution in [3.05, 3.63) is 72.3 Å². The average Bonchev–Trinajstić information content (AvgIpc) is 2.97. The van der Waals surface area contributed by atoms with Crippen molar-refractivity contribution in [1.82, 2.24) is 14.8 Å². The van der Waals surface area contributed by atoms with Crippen LogP contribution in [-0.4, -0.2) is 20.5 Å². The summed E-state index contributed by atoms with van der Waals surface area (Å²) in [5.74, 6) is 0.0964. The number of nitrogen functional groups attached to an aromatic ring is 1. The molecule has 116 valence electrons. The van der Waals surface area contributed by atoms with E-state index < -0.39 is 0 Å². The minimum absolute atomic E-state index is 0.0964. The number of anilines is 1. The van der Waals surface area contributed by atoms with Gasteiger partial charge in [0.15, 0.2) is 5.78 Å². The van der Waals surface area contributed by atoms with Gasteiger partial charge in [0.25, 0.3) is 0 Å². The first-order valence-corrected chi connectivity index (χ1v) is 7.57. The summed E-state index contributed by atoms with van der Waals surface area (Å²) >= 11 is 0. The smallest absolute Gasteiger partial charge is 0.164 e. The maximum atomic E-state index is 12.0. The van der Waals surface area contributed by atoms with E-state index in [-0.39, 0.29) is 5.78 Å². The fourth-order valence-electron chi connectivity index (χ4n) is 2.42. The van der Waals surface area contributed by atoms with E-state index >= 15 is 0 Å². The number of Topliss-reactive ketones (excluding diaryl/α,β-unsaturated/α-hetero) is 1. The molecule has 0 atom stereocenters. The number of carbonyl (C=O) groups excluding carboxylic acids is 1. The summed E-state index contributed by atoms with van der Waals surface area (Å²) in [6, 6.07) is 13.4. The van der Waals surface area contributed by atoms with E-state index in [1.54, 1.807) is 29.2 Å². The number of hydrogen-bond donors (Lipinski definition) is 1. The maximum absolute atomic E-state index is 12.0. The van der Waals surface area contributed by atoms with Crippen LogP contribution in [0.2, 0.25) is 0 Å². The minimum Gasteiger partial charge on any atom is -0.396 e. The monoisotopic (exact) mass is 306 g/mol. The second-order valence-corrected chi connectivity index (χ2v) is 5.33. The summed E-state index contributed by atoms with van der Waals surface area (Å²) in [6.07, 6.45) is 6.92. The van der Waals surface area contributed by atoms with Gasteiger partial charge < -0.3 is 5.73 Å². The van der Waals surface area contributed by atoms with Crippen LogP contribution in [0.5, 0.6) is 0 Å². The van der Waals surface area contributed by atoms with Crippen LogP contribution in [-0.2, 0) is 6.42 Å². The molecule has 0 radical (unpaired) electrons. The molecule has 5 nitrogen and oxygen atoms in total. The van der Waals surface area contributed by atoms with Gasteiger partial charge in [-0.25, -0.2) is 4.68 Å². The third-order valence-electron chi connectivity index (χ3n) is 3.64. The first-order chi connectivity index (χ1) is 11.2. The molecule has 1 aromatic carbocycles. The number of carbonyl (C=O) groups is 1. The van der Waals surface area contributed by atoms with Gasteiger partial charge in [-0.05, 0) is 37.1 Å². The Morgan fingerprint density at radius 1 is 1.13 bits per heavy atom. The Morgan fingerprint density at radius 3 is 2.70 bits per heavy atom. The molecule has 2 heterocycles. The molecule has 0 aliphatic rings. The van der Waals surface area contributed by atoms with Gasteiger partial charge in [-0.3, -0.25) is 9.78 Å². The number of nitrogens with two attached hydrogens (primary N) is 1. The van der Waals surface area contributed by atoms with Gasteiger partial charge in [0.05, 0.1) is 23.3 Å². The van der Waals surface area contributed by atoms with Crippen molar-refractivity contribution in [3.63, 3.8) is 0 Å². The van der Waals surface area contributed by atoms with Crippen molar-refractivity contribution < 1.29 is 4.79 Å². The molecule has 3 aromatic rings. The number of benzene rings is 1. The zero-order valence-electron chi connectivity index (χ0n) is 12.7. The van der Waals surface area contributed by atoms with E-state index in [4.69, 9.17) is 5.73 Å². The lowest BCUT2D eigenvalue weighted by Crippen LogP contribution is -2.02. The van der Waals surface area contributed by atoms with Gasteiger partial charge in [-0.2, -0.15) is 5.10 Å². The van der Waals surface area contributed by atoms with E-state index in [0.717, 1.165) is 11.4 Å². The van der Waals surface area contributed by atoms with Crippen molar-refractivity contribution in [3.8, 4) is 5.69 Å². The molecule has 23 heavy (non-hydrogen) atoms. The van der Waals surface area contributed by atoms with Crippen LogP contribution in [0.25, 0.3) is 5.69 Å². The van der Waals surface area contributed by atoms with Gasteiger partial charge in [0.1, 0.15) is 0 Å². The van der Waals surface area contributed by atoms with E-state index in [1.807, 2.05) is 36.5 Å². The molecule has 0 bridgehead atoms. The van der Waals surface area contributed by atoms with E-state index in [1.165, 1.54) is 0 Å². The Hall–Kier alpha value is -2.95. The van der Waals surface area contributed by atoms with Crippen LogP contribution in [0.3, 0.4) is 0 Å². The second-order valence-electron chi connectivity index (χ2n) is 5.33. The van der Waals surface area contributed by atoms with Crippen molar-refractivity contribution in [2.24, 2.45) is 0 Å². The number of hydrogen-bond acceptors (Lipinski definition) is 4. The highest BCUT2D eigenvalue weighted by molar-refractivity contribution is 5.95. The molecule has 0 spiro atoms. The van der Waals surface area contributed by atoms with Gasteiger partial charge >= 0.3 is 0 Å². The summed E-state index contributed by atoms with van der Waals surface area (Å²) in [7, 11) is 0. The molecule has 5 heteroatoms. The molecular weight excluding hydrogens is 288 g/mol. The Bertz CT molecular complexity index is 781. The van der Waals surface area contributed by atoms with Crippen LogP contribution in [0.15, 0.2) is 61.1 Å². The SMILES string of the molecule is Nc1cn(-c2ccccc2)nc1CCCC(=O)c1cccnc1. The molecule has 0 aliphatic carbocycles. The summed E-state index contributed by atoms with van der Waals surface area (Å²) in [5.41, 5.74) is 9.13. The van der Waals surface area contributed by atoms with Crippen LogP contribution in [0.4, 0.5) is 5.69 Å². The third-order valence-corrected chi connectivity index (χ3v) is 3.64. The average molecular weight is 306 g/mol. The van der Waals surface area contributed by atoms with Gasteiger partial charge in [0.2, 0.25) is 0 Å². The molecule has 0 amide bonds. The molecule has 2 N–H and O–H groups in total. The summed E-state index contributed by atoms with van der Waals surface area (Å²) in [6.45, 7) is 0. The van der Waals surface area contributed by atoms with Crippen molar-refractivity contribution in [1.29, 1.82) is 0 Å². The molecule has 0 saturated heterocycles. The second kappa shape index (κ2) is 6.87. The van der Waals surface area contributed by atoms with Crippen LogP contribution in [0, 0.1) is 0 Å². The first kappa shape index (κ1) is 15.0. The van der Waals surface area contributed by atoms with Crippen molar-refractivity contribution in [2.45, 2.75) is 19.3 Å². The van der Waals surface area contributed by atoms with Crippen molar-refractivity contribution >= 4 is 11.5 Å².